The highest BCUT2D eigenvalue weighted by Gasteiger charge is 2.14. The molecule has 1 aromatic carbocycles. The average molecular weight is 323 g/mol. The van der Waals surface area contributed by atoms with Crippen LogP contribution in [-0.4, -0.2) is 5.78 Å². The fourth-order valence-electron chi connectivity index (χ4n) is 1.53. The van der Waals surface area contributed by atoms with Gasteiger partial charge < -0.3 is 5.73 Å². The fourth-order valence-corrected chi connectivity index (χ4v) is 2.55. The summed E-state index contributed by atoms with van der Waals surface area (Å²) in [5.41, 5.74) is 8.02. The Kier molecular flexibility index (Phi) is 3.63. The molecule has 0 saturated carbocycles. The van der Waals surface area contributed by atoms with E-state index >= 15 is 0 Å². The number of rotatable bonds is 2. The highest BCUT2D eigenvalue weighted by Crippen LogP contribution is 2.20. The van der Waals surface area contributed by atoms with Gasteiger partial charge in [-0.25, -0.2) is 0 Å². The summed E-state index contributed by atoms with van der Waals surface area (Å²) in [6.07, 6.45) is 0. The largest absolute Gasteiger partial charge is 0.398 e. The molecule has 5 heteroatoms. The van der Waals surface area contributed by atoms with Crippen LogP contribution in [0.2, 0.25) is 0 Å². The molecule has 0 bridgehead atoms. The molecule has 0 radical (unpaired) electrons. The van der Waals surface area contributed by atoms with Gasteiger partial charge in [0.15, 0.2) is 5.78 Å². The van der Waals surface area contributed by atoms with Crippen LogP contribution in [0.15, 0.2) is 34.1 Å². The van der Waals surface area contributed by atoms with Crippen molar-refractivity contribution in [3.8, 4) is 0 Å². The zero-order valence-corrected chi connectivity index (χ0v) is 12.1. The standard InChI is InChI=1S/C13H11BrN2OS/c1-7-11(15)10(6-18-13(7)16)12(17)8-2-4-9(14)5-3-8/h2-6,16H,15H2,1H3. The Hall–Kier alpha value is -1.46. The molecule has 0 aliphatic heterocycles. The Morgan fingerprint density at radius 1 is 1.33 bits per heavy atom. The molecule has 0 unspecified atom stereocenters. The Morgan fingerprint density at radius 2 is 1.94 bits per heavy atom. The first-order valence-electron chi connectivity index (χ1n) is 5.23. The smallest absolute Gasteiger partial charge is 0.195 e. The average Bonchev–Trinajstić information content (AvgIpc) is 2.36. The molecule has 92 valence electrons. The summed E-state index contributed by atoms with van der Waals surface area (Å²) in [6.45, 7) is 1.76. The molecule has 3 nitrogen and oxygen atoms in total. The maximum absolute atomic E-state index is 12.3. The van der Waals surface area contributed by atoms with E-state index in [0.717, 1.165) is 4.47 Å². The lowest BCUT2D eigenvalue weighted by atomic mass is 10.0. The van der Waals surface area contributed by atoms with Gasteiger partial charge in [-0.2, -0.15) is 0 Å². The Morgan fingerprint density at radius 3 is 2.56 bits per heavy atom. The van der Waals surface area contributed by atoms with Crippen LogP contribution in [0.3, 0.4) is 0 Å². The van der Waals surface area contributed by atoms with Crippen molar-refractivity contribution in [3.05, 3.63) is 55.5 Å². The van der Waals surface area contributed by atoms with Gasteiger partial charge in [0, 0.05) is 26.7 Å². The third-order valence-corrected chi connectivity index (χ3v) is 4.10. The normalized spacial score (nSPS) is 10.3. The van der Waals surface area contributed by atoms with Crippen LogP contribution in [0.5, 0.6) is 0 Å². The van der Waals surface area contributed by atoms with Crippen molar-refractivity contribution in [3.63, 3.8) is 0 Å². The van der Waals surface area contributed by atoms with Gasteiger partial charge >= 0.3 is 0 Å². The molecule has 0 saturated heterocycles. The number of hydrogen-bond donors (Lipinski definition) is 2. The highest BCUT2D eigenvalue weighted by atomic mass is 79.9. The van der Waals surface area contributed by atoms with Crippen molar-refractivity contribution in [2.75, 3.05) is 5.73 Å². The lowest BCUT2D eigenvalue weighted by molar-refractivity contribution is 0.104. The molecule has 18 heavy (non-hydrogen) atoms. The molecule has 2 aromatic rings. The van der Waals surface area contributed by atoms with Crippen molar-refractivity contribution in [2.24, 2.45) is 0 Å². The first-order valence-corrected chi connectivity index (χ1v) is 6.90. The van der Waals surface area contributed by atoms with Gasteiger partial charge in [-0.1, -0.05) is 15.9 Å². The van der Waals surface area contributed by atoms with Crippen LogP contribution in [0.4, 0.5) is 5.69 Å². The van der Waals surface area contributed by atoms with E-state index in [1.165, 1.54) is 11.3 Å². The summed E-state index contributed by atoms with van der Waals surface area (Å²) in [5, 5.41) is 9.30. The summed E-state index contributed by atoms with van der Waals surface area (Å²) in [4.78, 5) is 12.3. The quantitative estimate of drug-likeness (QED) is 0.834. The van der Waals surface area contributed by atoms with E-state index in [4.69, 9.17) is 11.1 Å². The van der Waals surface area contributed by atoms with Crippen LogP contribution in [-0.2, 0) is 0 Å². The second-order valence-corrected chi connectivity index (χ2v) is 5.65. The molecule has 0 aliphatic carbocycles. The highest BCUT2D eigenvalue weighted by molar-refractivity contribution is 9.10. The molecule has 0 atom stereocenters. The van der Waals surface area contributed by atoms with Gasteiger partial charge in [-0.3, -0.25) is 10.2 Å². The van der Waals surface area contributed by atoms with Gasteiger partial charge in [0.1, 0.15) is 4.67 Å². The second-order valence-electron chi connectivity index (χ2n) is 3.85. The number of hydrogen-bond acceptors (Lipinski definition) is 4. The topological polar surface area (TPSA) is 66.9 Å². The summed E-state index contributed by atoms with van der Waals surface area (Å²) in [7, 11) is 0. The Labute approximate surface area is 117 Å². The van der Waals surface area contributed by atoms with Crippen molar-refractivity contribution >= 4 is 38.7 Å². The third kappa shape index (κ3) is 2.37. The van der Waals surface area contributed by atoms with E-state index in [9.17, 15) is 4.79 Å². The summed E-state index contributed by atoms with van der Waals surface area (Å²) in [6, 6.07) is 7.14. The van der Waals surface area contributed by atoms with Crippen molar-refractivity contribution in [2.45, 2.75) is 6.92 Å². The van der Waals surface area contributed by atoms with Crippen molar-refractivity contribution in [1.29, 1.82) is 5.41 Å². The monoisotopic (exact) mass is 322 g/mol. The zero-order chi connectivity index (χ0) is 13.3. The Balaban J connectivity index is 2.50. The number of carbonyl (C=O) groups excluding carboxylic acids is 1. The fraction of sp³-hybridized carbons (Fsp3) is 0.0769. The predicted molar refractivity (Wildman–Crippen MR) is 76.9 cm³/mol. The number of nitrogens with one attached hydrogen (secondary N) is 1. The van der Waals surface area contributed by atoms with E-state index in [2.05, 4.69) is 15.9 Å². The molecular weight excluding hydrogens is 312 g/mol. The van der Waals surface area contributed by atoms with E-state index < -0.39 is 0 Å². The third-order valence-electron chi connectivity index (χ3n) is 2.68. The summed E-state index contributed by atoms with van der Waals surface area (Å²) >= 11 is 4.55. The van der Waals surface area contributed by atoms with Gasteiger partial charge in [0.2, 0.25) is 0 Å². The van der Waals surface area contributed by atoms with Gasteiger partial charge in [-0.05, 0) is 31.2 Å². The van der Waals surface area contributed by atoms with Gasteiger partial charge in [-0.15, -0.1) is 11.3 Å². The number of nitrogens with two attached hydrogens (primary N) is 1. The van der Waals surface area contributed by atoms with Crippen LogP contribution < -0.4 is 10.4 Å². The van der Waals surface area contributed by atoms with Gasteiger partial charge in [0.25, 0.3) is 0 Å². The molecule has 0 amide bonds. The Bertz CT molecular complexity index is 662. The first-order chi connectivity index (χ1) is 8.50. The molecule has 0 spiro atoms. The van der Waals surface area contributed by atoms with Crippen LogP contribution in [0, 0.1) is 12.3 Å². The van der Waals surface area contributed by atoms with Crippen LogP contribution in [0.25, 0.3) is 0 Å². The number of benzene rings is 1. The minimum Gasteiger partial charge on any atom is -0.398 e. The van der Waals surface area contributed by atoms with Gasteiger partial charge in [0.05, 0.1) is 5.56 Å². The molecule has 0 fully saturated rings. The van der Waals surface area contributed by atoms with Crippen LogP contribution >= 0.6 is 27.3 Å². The van der Waals surface area contributed by atoms with Crippen LogP contribution in [0.1, 0.15) is 21.5 Å². The molecular formula is C13H11BrN2OS. The van der Waals surface area contributed by atoms with E-state index in [-0.39, 0.29) is 5.78 Å². The second kappa shape index (κ2) is 5.04. The first kappa shape index (κ1) is 13.0. The molecule has 1 heterocycles. The number of ketones is 1. The molecule has 3 N–H and O–H groups in total. The maximum atomic E-state index is 12.3. The number of nitrogen functional groups attached to an aromatic ring is 1. The minimum atomic E-state index is -0.112. The number of carbonyl (C=O) groups is 1. The SMILES string of the molecule is Cc1c(N)c(C(=O)c2ccc(Br)cc2)csc1=N. The minimum absolute atomic E-state index is 0.112. The summed E-state index contributed by atoms with van der Waals surface area (Å²) in [5.74, 6) is -0.112. The summed E-state index contributed by atoms with van der Waals surface area (Å²) < 4.78 is 1.31. The lowest BCUT2D eigenvalue weighted by Crippen LogP contribution is -2.11. The van der Waals surface area contributed by atoms with E-state index in [1.54, 1.807) is 24.4 Å². The van der Waals surface area contributed by atoms with E-state index in [1.807, 2.05) is 12.1 Å². The molecule has 1 aromatic heterocycles. The molecule has 0 aliphatic rings. The maximum Gasteiger partial charge on any atom is 0.195 e. The van der Waals surface area contributed by atoms with Crippen molar-refractivity contribution < 1.29 is 4.79 Å². The molecule has 2 rings (SSSR count). The number of anilines is 1. The zero-order valence-electron chi connectivity index (χ0n) is 9.66. The number of halogens is 1. The van der Waals surface area contributed by atoms with Crippen molar-refractivity contribution in [1.82, 2.24) is 0 Å². The predicted octanol–water partition coefficient (Wildman–Crippen LogP) is 3.11. The van der Waals surface area contributed by atoms with E-state index in [0.29, 0.717) is 27.0 Å². The lowest BCUT2D eigenvalue weighted by Gasteiger charge is -2.07.